The van der Waals surface area contributed by atoms with Crippen LogP contribution >= 0.6 is 11.3 Å². The van der Waals surface area contributed by atoms with Crippen molar-refractivity contribution in [3.05, 3.63) is 88.7 Å². The molecule has 1 aliphatic carbocycles. The molecule has 6 heteroatoms. The van der Waals surface area contributed by atoms with Gasteiger partial charge in [0.25, 0.3) is 5.91 Å². The second kappa shape index (κ2) is 8.75. The van der Waals surface area contributed by atoms with E-state index in [0.29, 0.717) is 18.1 Å². The van der Waals surface area contributed by atoms with Crippen LogP contribution in [0, 0.1) is 5.92 Å². The molecule has 2 heterocycles. The highest BCUT2D eigenvalue weighted by Gasteiger charge is 2.27. The summed E-state index contributed by atoms with van der Waals surface area (Å²) in [5, 5.41) is 1.98. The van der Waals surface area contributed by atoms with E-state index < -0.39 is 5.92 Å². The largest absolute Gasteiger partial charge is 0.326 e. The number of amidine groups is 1. The quantitative estimate of drug-likeness (QED) is 0.689. The van der Waals surface area contributed by atoms with Crippen LogP contribution in [-0.4, -0.2) is 34.8 Å². The first-order valence-electron chi connectivity index (χ1n) is 9.28. The van der Waals surface area contributed by atoms with E-state index in [9.17, 15) is 9.59 Å². The van der Waals surface area contributed by atoms with Gasteiger partial charge in [-0.1, -0.05) is 54.6 Å². The number of allylic oxidation sites excluding steroid dienone is 3. The lowest BCUT2D eigenvalue weighted by atomic mass is 9.96. The molecule has 1 unspecified atom stereocenters. The number of amides is 2. The molecule has 0 bridgehead atoms. The van der Waals surface area contributed by atoms with E-state index in [4.69, 9.17) is 0 Å². The molecule has 0 fully saturated rings. The number of thiophene rings is 1. The number of hydrogen-bond donors (Lipinski definition) is 0. The third-order valence-corrected chi connectivity index (χ3v) is 5.41. The number of carbonyl (C=O) groups is 2. The Morgan fingerprint density at radius 3 is 2.72 bits per heavy atom. The van der Waals surface area contributed by atoms with Gasteiger partial charge in [-0.3, -0.25) is 9.59 Å². The molecule has 1 aliphatic heterocycles. The maximum Gasteiger partial charge on any atom is 0.260 e. The molecule has 0 N–H and O–H groups in total. The Hall–Kier alpha value is -3.38. The first kappa shape index (κ1) is 19.0. The molecule has 2 amide bonds. The first-order valence-corrected chi connectivity index (χ1v) is 10.2. The van der Waals surface area contributed by atoms with Gasteiger partial charge in [0.2, 0.25) is 5.91 Å². The molecule has 0 saturated carbocycles. The van der Waals surface area contributed by atoms with Crippen molar-refractivity contribution in [2.75, 3.05) is 6.54 Å². The zero-order chi connectivity index (χ0) is 20.1. The Bertz CT molecular complexity index is 1050. The average molecular weight is 401 g/mol. The van der Waals surface area contributed by atoms with Gasteiger partial charge in [-0.25, -0.2) is 4.99 Å². The number of rotatable bonds is 6. The first-order chi connectivity index (χ1) is 14.2. The molecule has 1 aromatic heterocycles. The molecule has 0 radical (unpaired) electrons. The van der Waals surface area contributed by atoms with Crippen LogP contribution in [0.5, 0.6) is 0 Å². The highest BCUT2D eigenvalue weighted by atomic mass is 32.1. The van der Waals surface area contributed by atoms with Crippen LogP contribution in [-0.2, 0) is 16.1 Å². The lowest BCUT2D eigenvalue weighted by Crippen LogP contribution is -2.36. The number of aliphatic imine (C=N–C) groups is 2. The van der Waals surface area contributed by atoms with Crippen LogP contribution in [0.25, 0.3) is 6.08 Å². The Morgan fingerprint density at radius 1 is 1.07 bits per heavy atom. The van der Waals surface area contributed by atoms with Gasteiger partial charge in [0.15, 0.2) is 5.84 Å². The van der Waals surface area contributed by atoms with Crippen LogP contribution in [0.15, 0.2) is 88.2 Å². The number of benzene rings is 1. The van der Waals surface area contributed by atoms with Gasteiger partial charge in [-0.15, -0.1) is 11.3 Å². The monoisotopic (exact) mass is 401 g/mol. The fourth-order valence-electron chi connectivity index (χ4n) is 3.10. The highest BCUT2D eigenvalue weighted by molar-refractivity contribution is 7.09. The molecule has 4 rings (SSSR count). The third kappa shape index (κ3) is 4.73. The van der Waals surface area contributed by atoms with E-state index in [1.807, 2.05) is 66.1 Å². The molecule has 2 aliphatic rings. The van der Waals surface area contributed by atoms with E-state index in [1.54, 1.807) is 34.5 Å². The SMILES string of the molecule is O=C1N=C(CN(Cc2cccs2)C(=O)/C=C/c2ccccc2)N=C2C=CC=CC12. The van der Waals surface area contributed by atoms with Crippen LogP contribution < -0.4 is 0 Å². The average Bonchev–Trinajstić information content (AvgIpc) is 3.25. The topological polar surface area (TPSA) is 62.1 Å². The number of hydrogen-bond acceptors (Lipinski definition) is 4. The van der Waals surface area contributed by atoms with E-state index in [2.05, 4.69) is 9.98 Å². The van der Waals surface area contributed by atoms with Gasteiger partial charge in [-0.05, 0) is 29.2 Å². The second-order valence-corrected chi connectivity index (χ2v) is 7.67. The van der Waals surface area contributed by atoms with E-state index >= 15 is 0 Å². The molecular formula is C23H19N3O2S. The summed E-state index contributed by atoms with van der Waals surface area (Å²) in [6.45, 7) is 0.613. The third-order valence-electron chi connectivity index (χ3n) is 4.55. The van der Waals surface area contributed by atoms with Crippen molar-refractivity contribution >= 4 is 40.8 Å². The van der Waals surface area contributed by atoms with Gasteiger partial charge in [0.05, 0.1) is 18.8 Å². The van der Waals surface area contributed by atoms with Gasteiger partial charge in [-0.2, -0.15) is 4.99 Å². The van der Waals surface area contributed by atoms with Crippen LogP contribution in [0.2, 0.25) is 0 Å². The molecule has 0 spiro atoms. The normalized spacial score (nSPS) is 17.8. The van der Waals surface area contributed by atoms with Gasteiger partial charge >= 0.3 is 0 Å². The predicted molar refractivity (Wildman–Crippen MR) is 117 cm³/mol. The van der Waals surface area contributed by atoms with Gasteiger partial charge < -0.3 is 4.90 Å². The fraction of sp³-hybridized carbons (Fsp3) is 0.130. The van der Waals surface area contributed by atoms with Crippen LogP contribution in [0.3, 0.4) is 0 Å². The summed E-state index contributed by atoms with van der Waals surface area (Å²) in [6.07, 6.45) is 10.6. The van der Waals surface area contributed by atoms with E-state index in [-0.39, 0.29) is 18.4 Å². The highest BCUT2D eigenvalue weighted by Crippen LogP contribution is 2.18. The molecule has 5 nitrogen and oxygen atoms in total. The Kier molecular flexibility index (Phi) is 5.72. The second-order valence-electron chi connectivity index (χ2n) is 6.64. The summed E-state index contributed by atoms with van der Waals surface area (Å²) < 4.78 is 0. The summed E-state index contributed by atoms with van der Waals surface area (Å²) in [4.78, 5) is 36.6. The molecule has 29 heavy (non-hydrogen) atoms. The van der Waals surface area contributed by atoms with Crippen LogP contribution in [0.1, 0.15) is 10.4 Å². The lowest BCUT2D eigenvalue weighted by molar-refractivity contribution is -0.126. The van der Waals surface area contributed by atoms with Crippen molar-refractivity contribution in [3.63, 3.8) is 0 Å². The van der Waals surface area contributed by atoms with Crippen molar-refractivity contribution in [2.24, 2.45) is 15.9 Å². The summed E-state index contributed by atoms with van der Waals surface area (Å²) >= 11 is 1.58. The molecule has 0 saturated heterocycles. The number of carbonyl (C=O) groups excluding carboxylic acids is 2. The Balaban J connectivity index is 1.54. The number of nitrogens with zero attached hydrogens (tertiary/aromatic N) is 3. The number of fused-ring (bicyclic) bond motifs is 1. The van der Waals surface area contributed by atoms with Crippen molar-refractivity contribution in [1.29, 1.82) is 0 Å². The molecular weight excluding hydrogens is 382 g/mol. The minimum Gasteiger partial charge on any atom is -0.326 e. The summed E-state index contributed by atoms with van der Waals surface area (Å²) in [6, 6.07) is 13.6. The van der Waals surface area contributed by atoms with Gasteiger partial charge in [0, 0.05) is 11.0 Å². The fourth-order valence-corrected chi connectivity index (χ4v) is 3.82. The molecule has 1 aromatic carbocycles. The maximum atomic E-state index is 12.9. The van der Waals surface area contributed by atoms with E-state index in [0.717, 1.165) is 10.4 Å². The maximum absolute atomic E-state index is 12.9. The van der Waals surface area contributed by atoms with Crippen molar-refractivity contribution < 1.29 is 9.59 Å². The summed E-state index contributed by atoms with van der Waals surface area (Å²) in [5.41, 5.74) is 1.62. The minimum absolute atomic E-state index is 0.154. The zero-order valence-electron chi connectivity index (χ0n) is 15.6. The lowest BCUT2D eigenvalue weighted by Gasteiger charge is -2.23. The molecule has 144 valence electrons. The van der Waals surface area contributed by atoms with Crippen molar-refractivity contribution in [1.82, 2.24) is 4.90 Å². The van der Waals surface area contributed by atoms with Crippen LogP contribution in [0.4, 0.5) is 0 Å². The Morgan fingerprint density at radius 2 is 1.93 bits per heavy atom. The molecule has 1 atom stereocenters. The van der Waals surface area contributed by atoms with Gasteiger partial charge in [0.1, 0.15) is 5.92 Å². The smallest absolute Gasteiger partial charge is 0.260 e. The molecule has 2 aromatic rings. The van der Waals surface area contributed by atoms with Crippen molar-refractivity contribution in [2.45, 2.75) is 6.54 Å². The Labute approximate surface area is 173 Å². The minimum atomic E-state index is -0.414. The van der Waals surface area contributed by atoms with E-state index in [1.165, 1.54) is 0 Å². The van der Waals surface area contributed by atoms with Crippen molar-refractivity contribution in [3.8, 4) is 0 Å². The summed E-state index contributed by atoms with van der Waals surface area (Å²) in [7, 11) is 0. The predicted octanol–water partition coefficient (Wildman–Crippen LogP) is 3.91. The standard InChI is InChI=1S/C23H19N3O2S/c27-22(13-12-17-7-2-1-3-8-17)26(15-18-9-6-14-29-18)16-21-24-20-11-5-4-10-19(20)23(28)25-21/h1-14,19H,15-16H2/b13-12+. The summed E-state index contributed by atoms with van der Waals surface area (Å²) in [5.74, 6) is -0.449. The zero-order valence-corrected chi connectivity index (χ0v) is 16.5.